The largest absolute Gasteiger partial charge is 0.295 e. The predicted molar refractivity (Wildman–Crippen MR) is 113 cm³/mol. The Balaban J connectivity index is 1.98. The van der Waals surface area contributed by atoms with Gasteiger partial charge in [-0.2, -0.15) is 0 Å². The van der Waals surface area contributed by atoms with Crippen LogP contribution in [0, 0.1) is 6.92 Å². The van der Waals surface area contributed by atoms with Gasteiger partial charge in [0.25, 0.3) is 5.56 Å². The topological polar surface area (TPSA) is 96.3 Å². The number of nitrogens with one attached hydrogen (secondary N) is 2. The van der Waals surface area contributed by atoms with Gasteiger partial charge in [-0.1, -0.05) is 31.2 Å². The summed E-state index contributed by atoms with van der Waals surface area (Å²) < 4.78 is 26.7. The fourth-order valence-electron chi connectivity index (χ4n) is 2.89. The molecule has 146 valence electrons. The molecule has 0 spiro atoms. The van der Waals surface area contributed by atoms with Gasteiger partial charge in [0.1, 0.15) is 0 Å². The van der Waals surface area contributed by atoms with E-state index in [0.717, 1.165) is 23.9 Å². The average molecular weight is 398 g/mol. The van der Waals surface area contributed by atoms with E-state index in [1.807, 2.05) is 24.3 Å². The molecule has 7 nitrogen and oxygen atoms in total. The van der Waals surface area contributed by atoms with Crippen molar-refractivity contribution < 1.29 is 8.42 Å². The molecule has 0 aliphatic carbocycles. The van der Waals surface area contributed by atoms with E-state index in [1.54, 1.807) is 37.4 Å². The Hall–Kier alpha value is -3.13. The molecule has 8 heteroatoms. The third-order valence-corrected chi connectivity index (χ3v) is 4.84. The zero-order valence-electron chi connectivity index (χ0n) is 15.9. The van der Waals surface area contributed by atoms with Gasteiger partial charge < -0.3 is 0 Å². The fraction of sp³-hybridized carbons (Fsp3) is 0.200. The highest BCUT2D eigenvalue weighted by atomic mass is 32.2. The molecule has 0 aliphatic rings. The molecule has 3 rings (SSSR count). The summed E-state index contributed by atoms with van der Waals surface area (Å²) in [6.07, 6.45) is 3.50. The molecule has 2 N–H and O–H groups in total. The normalized spacial score (nSPS) is 11.8. The third kappa shape index (κ3) is 4.40. The van der Waals surface area contributed by atoms with Gasteiger partial charge in [0, 0.05) is 11.9 Å². The summed E-state index contributed by atoms with van der Waals surface area (Å²) in [6, 6.07) is 14.4. The maximum absolute atomic E-state index is 12.9. The van der Waals surface area contributed by atoms with Crippen molar-refractivity contribution in [2.24, 2.45) is 4.99 Å². The number of hydrogen-bond donors (Lipinski definition) is 2. The molecule has 0 bridgehead atoms. The van der Waals surface area contributed by atoms with Gasteiger partial charge in [-0.15, -0.1) is 0 Å². The smallest absolute Gasteiger partial charge is 0.280 e. The van der Waals surface area contributed by atoms with Crippen molar-refractivity contribution in [3.8, 4) is 5.69 Å². The first-order valence-corrected chi connectivity index (χ1v) is 10.7. The van der Waals surface area contributed by atoms with Crippen LogP contribution in [0.5, 0.6) is 0 Å². The lowest BCUT2D eigenvalue weighted by molar-refractivity contribution is 0.607. The molecule has 2 aromatic carbocycles. The van der Waals surface area contributed by atoms with Gasteiger partial charge >= 0.3 is 0 Å². The zero-order valence-corrected chi connectivity index (χ0v) is 16.7. The molecule has 1 aromatic heterocycles. The van der Waals surface area contributed by atoms with Crippen LogP contribution in [-0.2, 0) is 16.4 Å². The highest BCUT2D eigenvalue weighted by Crippen LogP contribution is 2.19. The maximum atomic E-state index is 12.9. The number of anilines is 1. The van der Waals surface area contributed by atoms with E-state index in [2.05, 4.69) is 21.7 Å². The molecule has 0 saturated carbocycles. The molecule has 0 aliphatic heterocycles. The SMILES string of the molecule is CCc1ccccc1N=Cc1c(C)[nH]n(-c2cccc(NS(C)(=O)=O)c2)c1=O. The molecule has 1 heterocycles. The molecule has 0 atom stereocenters. The first-order valence-electron chi connectivity index (χ1n) is 8.80. The van der Waals surface area contributed by atoms with Crippen molar-refractivity contribution in [3.05, 3.63) is 75.7 Å². The molecule has 3 aromatic rings. The number of hydrogen-bond acceptors (Lipinski definition) is 4. The summed E-state index contributed by atoms with van der Waals surface area (Å²) in [7, 11) is -3.40. The van der Waals surface area contributed by atoms with Crippen LogP contribution < -0.4 is 10.3 Å². The van der Waals surface area contributed by atoms with Gasteiger partial charge in [0.2, 0.25) is 10.0 Å². The molecule has 0 amide bonds. The monoisotopic (exact) mass is 398 g/mol. The minimum atomic E-state index is -3.40. The average Bonchev–Trinajstić information content (AvgIpc) is 2.93. The summed E-state index contributed by atoms with van der Waals surface area (Å²) in [5.41, 5.74) is 3.70. The number of aryl methyl sites for hydroxylation is 2. The second-order valence-electron chi connectivity index (χ2n) is 6.46. The Bertz CT molecular complexity index is 1190. The third-order valence-electron chi connectivity index (χ3n) is 4.23. The molecule has 0 radical (unpaired) electrons. The lowest BCUT2D eigenvalue weighted by atomic mass is 10.1. The Morgan fingerprint density at radius 2 is 1.93 bits per heavy atom. The number of rotatable bonds is 6. The van der Waals surface area contributed by atoms with E-state index < -0.39 is 10.0 Å². The number of H-pyrrole nitrogens is 1. The van der Waals surface area contributed by atoms with Crippen molar-refractivity contribution in [2.75, 3.05) is 11.0 Å². The minimum Gasteiger partial charge on any atom is -0.295 e. The summed E-state index contributed by atoms with van der Waals surface area (Å²) in [5, 5.41) is 3.02. The highest BCUT2D eigenvalue weighted by Gasteiger charge is 2.12. The fourth-order valence-corrected chi connectivity index (χ4v) is 3.44. The first kappa shape index (κ1) is 19.6. The Labute approximate surface area is 163 Å². The molecular formula is C20H22N4O3S. The summed E-state index contributed by atoms with van der Waals surface area (Å²) >= 11 is 0. The predicted octanol–water partition coefficient (Wildman–Crippen LogP) is 3.16. The van der Waals surface area contributed by atoms with Crippen molar-refractivity contribution in [3.63, 3.8) is 0 Å². The van der Waals surface area contributed by atoms with Gasteiger partial charge in [-0.05, 0) is 43.2 Å². The van der Waals surface area contributed by atoms with Gasteiger partial charge in [0.15, 0.2) is 0 Å². The van der Waals surface area contributed by atoms with Crippen molar-refractivity contribution >= 4 is 27.6 Å². The van der Waals surface area contributed by atoms with E-state index in [4.69, 9.17) is 0 Å². The standard InChI is InChI=1S/C20H22N4O3S/c1-4-15-8-5-6-11-19(15)21-13-18-14(2)22-24(20(18)25)17-10-7-9-16(12-17)23-28(3,26)27/h5-13,22-23H,4H2,1-3H3. The minimum absolute atomic E-state index is 0.258. The van der Waals surface area contributed by atoms with E-state index in [-0.39, 0.29) is 5.56 Å². The molecule has 0 saturated heterocycles. The number of aliphatic imine (C=N–C) groups is 1. The molecule has 28 heavy (non-hydrogen) atoms. The lowest BCUT2D eigenvalue weighted by Gasteiger charge is -2.06. The van der Waals surface area contributed by atoms with Crippen LogP contribution >= 0.6 is 0 Å². The number of sulfonamides is 1. The van der Waals surface area contributed by atoms with E-state index in [0.29, 0.717) is 22.6 Å². The van der Waals surface area contributed by atoms with Gasteiger partial charge in [0.05, 0.1) is 28.9 Å². The van der Waals surface area contributed by atoms with Gasteiger partial charge in [-0.25, -0.2) is 13.1 Å². The maximum Gasteiger partial charge on any atom is 0.280 e. The Morgan fingerprint density at radius 3 is 2.64 bits per heavy atom. The van der Waals surface area contributed by atoms with Crippen molar-refractivity contribution in [1.29, 1.82) is 0 Å². The van der Waals surface area contributed by atoms with Crippen LogP contribution in [0.25, 0.3) is 5.69 Å². The highest BCUT2D eigenvalue weighted by molar-refractivity contribution is 7.92. The zero-order chi connectivity index (χ0) is 20.3. The summed E-state index contributed by atoms with van der Waals surface area (Å²) in [5.74, 6) is 0. The van der Waals surface area contributed by atoms with Gasteiger partial charge in [-0.3, -0.25) is 19.6 Å². The van der Waals surface area contributed by atoms with Crippen LogP contribution in [0.1, 0.15) is 23.7 Å². The second-order valence-corrected chi connectivity index (χ2v) is 8.20. The van der Waals surface area contributed by atoms with Crippen molar-refractivity contribution in [1.82, 2.24) is 9.78 Å². The number of aromatic nitrogens is 2. The Kier molecular flexibility index (Phi) is 5.51. The van der Waals surface area contributed by atoms with Crippen molar-refractivity contribution in [2.45, 2.75) is 20.3 Å². The van der Waals surface area contributed by atoms with Crippen LogP contribution in [-0.4, -0.2) is 30.7 Å². The molecular weight excluding hydrogens is 376 g/mol. The van der Waals surface area contributed by atoms with E-state index >= 15 is 0 Å². The first-order chi connectivity index (χ1) is 13.3. The number of nitrogens with zero attached hydrogens (tertiary/aromatic N) is 2. The number of benzene rings is 2. The molecule has 0 unspecified atom stereocenters. The number of aromatic amines is 1. The Morgan fingerprint density at radius 1 is 1.18 bits per heavy atom. The lowest BCUT2D eigenvalue weighted by Crippen LogP contribution is -2.17. The number of para-hydroxylation sites is 1. The second kappa shape index (κ2) is 7.85. The van der Waals surface area contributed by atoms with E-state index in [9.17, 15) is 13.2 Å². The van der Waals surface area contributed by atoms with Crippen LogP contribution in [0.4, 0.5) is 11.4 Å². The summed E-state index contributed by atoms with van der Waals surface area (Å²) in [4.78, 5) is 17.4. The summed E-state index contributed by atoms with van der Waals surface area (Å²) in [6.45, 7) is 3.85. The molecule has 0 fully saturated rings. The van der Waals surface area contributed by atoms with Crippen LogP contribution in [0.15, 0.2) is 58.3 Å². The van der Waals surface area contributed by atoms with E-state index in [1.165, 1.54) is 4.68 Å². The van der Waals surface area contributed by atoms with Crippen LogP contribution in [0.2, 0.25) is 0 Å². The van der Waals surface area contributed by atoms with Crippen LogP contribution in [0.3, 0.4) is 0 Å². The quantitative estimate of drug-likeness (QED) is 0.624.